The standard InChI is InChI=1S/C22H36N3O13PS/c1-15(26)35-12-17(38-16(2)27)13-37-39(32,33-3)36-10-7-24-20(29)14-34-9-6-23-19(28)5-8-25-21(30)11-18(40-4)22(25)31/h17-18H,5-14H2,1-4H3,(H,23,28)(H,24,29). The average molecular weight is 614 g/mol. The van der Waals surface area contributed by atoms with Crippen LogP contribution in [0.4, 0.5) is 0 Å². The molecule has 0 aromatic carbocycles. The van der Waals surface area contributed by atoms with Crippen LogP contribution >= 0.6 is 19.6 Å². The van der Waals surface area contributed by atoms with E-state index in [1.54, 1.807) is 6.26 Å². The first-order valence-corrected chi connectivity index (χ1v) is 14.9. The van der Waals surface area contributed by atoms with Crippen molar-refractivity contribution in [3.05, 3.63) is 0 Å². The van der Waals surface area contributed by atoms with Gasteiger partial charge in [-0.2, -0.15) is 11.8 Å². The number of phosphoric acid groups is 1. The Morgan fingerprint density at radius 1 is 1.02 bits per heavy atom. The molecule has 0 aliphatic carbocycles. The van der Waals surface area contributed by atoms with Crippen molar-refractivity contribution in [3.63, 3.8) is 0 Å². The van der Waals surface area contributed by atoms with Crippen LogP contribution in [0, 0.1) is 0 Å². The molecule has 18 heteroatoms. The summed E-state index contributed by atoms with van der Waals surface area (Å²) in [7, 11) is -2.99. The molecule has 1 aliphatic heterocycles. The molecule has 0 bridgehead atoms. The number of likely N-dealkylation sites (tertiary alicyclic amines) is 1. The van der Waals surface area contributed by atoms with Crippen LogP contribution in [0.1, 0.15) is 26.7 Å². The zero-order chi connectivity index (χ0) is 30.1. The summed E-state index contributed by atoms with van der Waals surface area (Å²) in [5, 5.41) is 4.64. The predicted octanol–water partition coefficient (Wildman–Crippen LogP) is -0.601. The summed E-state index contributed by atoms with van der Waals surface area (Å²) >= 11 is 1.30. The summed E-state index contributed by atoms with van der Waals surface area (Å²) in [5.41, 5.74) is 0. The molecule has 3 atom stereocenters. The smallest absolute Gasteiger partial charge is 0.462 e. The Labute approximate surface area is 236 Å². The van der Waals surface area contributed by atoms with Crippen molar-refractivity contribution in [3.8, 4) is 0 Å². The van der Waals surface area contributed by atoms with Crippen molar-refractivity contribution in [2.45, 2.75) is 38.0 Å². The molecule has 16 nitrogen and oxygen atoms in total. The number of nitrogens with zero attached hydrogens (tertiary/aromatic N) is 1. The largest absolute Gasteiger partial charge is 0.474 e. The molecule has 228 valence electrons. The van der Waals surface area contributed by atoms with Crippen molar-refractivity contribution in [1.29, 1.82) is 0 Å². The van der Waals surface area contributed by atoms with Gasteiger partial charge < -0.3 is 24.8 Å². The van der Waals surface area contributed by atoms with E-state index >= 15 is 0 Å². The number of hydrogen-bond donors (Lipinski definition) is 2. The van der Waals surface area contributed by atoms with Gasteiger partial charge in [0.1, 0.15) is 13.2 Å². The highest BCUT2D eigenvalue weighted by Crippen LogP contribution is 2.48. The molecule has 1 saturated heterocycles. The third kappa shape index (κ3) is 14.2. The molecule has 0 aromatic heterocycles. The molecular weight excluding hydrogens is 577 g/mol. The minimum atomic E-state index is -4.07. The fraction of sp³-hybridized carbons (Fsp3) is 0.727. The first-order valence-electron chi connectivity index (χ1n) is 12.1. The number of amides is 4. The van der Waals surface area contributed by atoms with Crippen LogP contribution in [-0.2, 0) is 61.1 Å². The lowest BCUT2D eigenvalue weighted by Crippen LogP contribution is -2.36. The molecule has 1 aliphatic rings. The van der Waals surface area contributed by atoms with E-state index < -0.39 is 43.6 Å². The second-order valence-corrected chi connectivity index (χ2v) is 10.9. The molecule has 4 amide bonds. The number of carbonyl (C=O) groups is 6. The number of imide groups is 1. The van der Waals surface area contributed by atoms with Crippen molar-refractivity contribution >= 4 is 55.2 Å². The van der Waals surface area contributed by atoms with Crippen LogP contribution in [0.2, 0.25) is 0 Å². The van der Waals surface area contributed by atoms with E-state index in [4.69, 9.17) is 27.8 Å². The summed E-state index contributed by atoms with van der Waals surface area (Å²) in [4.78, 5) is 70.9. The van der Waals surface area contributed by atoms with Gasteiger partial charge in [-0.1, -0.05) is 0 Å². The molecule has 1 fully saturated rings. The second kappa shape index (κ2) is 18.7. The number of hydrogen-bond acceptors (Lipinski definition) is 14. The van der Waals surface area contributed by atoms with E-state index in [0.29, 0.717) is 0 Å². The van der Waals surface area contributed by atoms with Crippen molar-refractivity contribution in [2.24, 2.45) is 0 Å². The lowest BCUT2D eigenvalue weighted by atomic mass is 10.3. The first-order chi connectivity index (χ1) is 18.9. The molecule has 1 heterocycles. The lowest BCUT2D eigenvalue weighted by Gasteiger charge is -2.20. The maximum Gasteiger partial charge on any atom is 0.474 e. The first kappa shape index (κ1) is 35.5. The Balaban J connectivity index is 2.20. The number of esters is 2. The molecule has 0 radical (unpaired) electrons. The topological polar surface area (TPSA) is 202 Å². The number of nitrogens with one attached hydrogen (secondary N) is 2. The molecule has 0 saturated carbocycles. The van der Waals surface area contributed by atoms with Crippen LogP contribution in [0.3, 0.4) is 0 Å². The summed E-state index contributed by atoms with van der Waals surface area (Å²) in [6.07, 6.45) is 0.810. The summed E-state index contributed by atoms with van der Waals surface area (Å²) in [5.74, 6) is -2.73. The Morgan fingerprint density at radius 3 is 2.30 bits per heavy atom. The third-order valence-corrected chi connectivity index (χ3v) is 7.32. The molecule has 0 spiro atoms. The minimum Gasteiger partial charge on any atom is -0.462 e. The van der Waals surface area contributed by atoms with Crippen molar-refractivity contribution in [1.82, 2.24) is 15.5 Å². The summed E-state index contributed by atoms with van der Waals surface area (Å²) < 4.78 is 42.3. The number of rotatable bonds is 20. The van der Waals surface area contributed by atoms with Gasteiger partial charge in [0.25, 0.3) is 0 Å². The lowest BCUT2D eigenvalue weighted by molar-refractivity contribution is -0.158. The van der Waals surface area contributed by atoms with Crippen LogP contribution in [0.5, 0.6) is 0 Å². The highest BCUT2D eigenvalue weighted by atomic mass is 32.2. The van der Waals surface area contributed by atoms with E-state index in [0.717, 1.165) is 18.9 Å². The SMILES string of the molecule is COP(=O)(OCCNC(=O)COCCNC(=O)CCN1C(=O)CC(SC)C1=O)OCC(COC(C)=O)OC(C)=O. The van der Waals surface area contributed by atoms with E-state index in [2.05, 4.69) is 10.6 Å². The molecule has 0 aromatic rings. The van der Waals surface area contributed by atoms with Gasteiger partial charge in [-0.15, -0.1) is 0 Å². The van der Waals surface area contributed by atoms with Gasteiger partial charge in [-0.25, -0.2) is 4.57 Å². The third-order valence-electron chi connectivity index (χ3n) is 4.97. The van der Waals surface area contributed by atoms with E-state index in [9.17, 15) is 33.3 Å². The van der Waals surface area contributed by atoms with E-state index in [1.807, 2.05) is 0 Å². The molecule has 3 unspecified atom stereocenters. The van der Waals surface area contributed by atoms with Gasteiger partial charge in [0, 0.05) is 53.4 Å². The summed E-state index contributed by atoms with van der Waals surface area (Å²) in [6.45, 7) is 1.06. The maximum absolute atomic E-state index is 12.5. The van der Waals surface area contributed by atoms with Crippen molar-refractivity contribution < 1.29 is 61.1 Å². The van der Waals surface area contributed by atoms with Gasteiger partial charge in [0.05, 0.1) is 25.1 Å². The van der Waals surface area contributed by atoms with E-state index in [-0.39, 0.29) is 76.6 Å². The van der Waals surface area contributed by atoms with Gasteiger partial charge in [0.15, 0.2) is 6.10 Å². The van der Waals surface area contributed by atoms with Crippen LogP contribution in [0.15, 0.2) is 0 Å². The molecular formula is C22H36N3O13PS. The number of phosphoric ester groups is 1. The van der Waals surface area contributed by atoms with E-state index in [1.165, 1.54) is 18.7 Å². The number of carbonyl (C=O) groups excluding carboxylic acids is 6. The summed E-state index contributed by atoms with van der Waals surface area (Å²) in [6, 6.07) is 0. The molecule has 2 N–H and O–H groups in total. The Kier molecular flexibility index (Phi) is 16.6. The van der Waals surface area contributed by atoms with Crippen LogP contribution < -0.4 is 10.6 Å². The zero-order valence-electron chi connectivity index (χ0n) is 22.8. The quantitative estimate of drug-likeness (QED) is 0.0762. The Bertz CT molecular complexity index is 951. The highest BCUT2D eigenvalue weighted by molar-refractivity contribution is 8.00. The highest BCUT2D eigenvalue weighted by Gasteiger charge is 2.37. The average Bonchev–Trinajstić information content (AvgIpc) is 3.18. The molecule has 40 heavy (non-hydrogen) atoms. The Morgan fingerprint density at radius 2 is 1.70 bits per heavy atom. The van der Waals surface area contributed by atoms with Gasteiger partial charge >= 0.3 is 19.8 Å². The predicted molar refractivity (Wildman–Crippen MR) is 139 cm³/mol. The van der Waals surface area contributed by atoms with Gasteiger partial charge in [0.2, 0.25) is 23.6 Å². The monoisotopic (exact) mass is 613 g/mol. The van der Waals surface area contributed by atoms with Crippen LogP contribution in [0.25, 0.3) is 0 Å². The zero-order valence-corrected chi connectivity index (χ0v) is 24.5. The minimum absolute atomic E-state index is 0.00793. The molecule has 1 rings (SSSR count). The fourth-order valence-corrected chi connectivity index (χ4v) is 4.67. The second-order valence-electron chi connectivity index (χ2n) is 8.11. The number of thioether (sulfide) groups is 1. The number of ether oxygens (including phenoxy) is 3. The fourth-order valence-electron chi connectivity index (χ4n) is 3.08. The van der Waals surface area contributed by atoms with Crippen LogP contribution in [-0.4, -0.2) is 118 Å². The van der Waals surface area contributed by atoms with Gasteiger partial charge in [-0.05, 0) is 6.26 Å². The normalized spacial score (nSPS) is 17.2. The van der Waals surface area contributed by atoms with Crippen molar-refractivity contribution in [2.75, 3.05) is 66.0 Å². The maximum atomic E-state index is 12.5. The Hall–Kier alpha value is -2.56. The van der Waals surface area contributed by atoms with Gasteiger partial charge in [-0.3, -0.25) is 47.2 Å².